The topological polar surface area (TPSA) is 58.6 Å². The summed E-state index contributed by atoms with van der Waals surface area (Å²) in [6, 6.07) is 11.2. The monoisotopic (exact) mass is 380 g/mol. The third-order valence-corrected chi connectivity index (χ3v) is 3.84. The van der Waals surface area contributed by atoms with Crippen LogP contribution in [0.3, 0.4) is 0 Å². The second-order valence-electron chi connectivity index (χ2n) is 5.77. The molecule has 5 nitrogen and oxygen atoms in total. The summed E-state index contributed by atoms with van der Waals surface area (Å²) < 4.78 is 43.0. The normalized spacial score (nSPS) is 11.0. The molecule has 0 atom stereocenters. The third-order valence-electron chi connectivity index (χ3n) is 3.84. The molecule has 0 aliphatic rings. The Morgan fingerprint density at radius 3 is 2.11 bits per heavy atom. The van der Waals surface area contributed by atoms with Crippen molar-refractivity contribution >= 4 is 17.5 Å². The Labute approximate surface area is 154 Å². The quantitative estimate of drug-likeness (QED) is 0.836. The predicted octanol–water partition coefficient (Wildman–Crippen LogP) is 3.38. The molecule has 0 aliphatic heterocycles. The molecule has 0 aromatic heterocycles. The average molecular weight is 380 g/mol. The van der Waals surface area contributed by atoms with Crippen molar-refractivity contribution in [2.24, 2.45) is 0 Å². The van der Waals surface area contributed by atoms with Crippen LogP contribution in [0.15, 0.2) is 48.5 Å². The zero-order valence-corrected chi connectivity index (χ0v) is 14.8. The van der Waals surface area contributed by atoms with E-state index in [-0.39, 0.29) is 18.8 Å². The first-order chi connectivity index (χ1) is 12.7. The SMILES string of the molecule is COc1ccc(CNC(=O)CN(C(C)=O)c2ccc(C(F)(F)F)cc2)cc1. The lowest BCUT2D eigenvalue weighted by atomic mass is 10.2. The van der Waals surface area contributed by atoms with Crippen LogP contribution >= 0.6 is 0 Å². The number of carbonyl (C=O) groups excluding carboxylic acids is 2. The fourth-order valence-electron chi connectivity index (χ4n) is 2.36. The van der Waals surface area contributed by atoms with Gasteiger partial charge in [0.2, 0.25) is 11.8 Å². The highest BCUT2D eigenvalue weighted by Gasteiger charge is 2.30. The van der Waals surface area contributed by atoms with E-state index >= 15 is 0 Å². The summed E-state index contributed by atoms with van der Waals surface area (Å²) in [5, 5.41) is 2.67. The van der Waals surface area contributed by atoms with Gasteiger partial charge in [-0.25, -0.2) is 0 Å². The van der Waals surface area contributed by atoms with Gasteiger partial charge in [0.1, 0.15) is 12.3 Å². The Kier molecular flexibility index (Phi) is 6.44. The Morgan fingerprint density at radius 2 is 1.63 bits per heavy atom. The molecule has 0 radical (unpaired) electrons. The summed E-state index contributed by atoms with van der Waals surface area (Å²) in [6.07, 6.45) is -4.46. The average Bonchev–Trinajstić information content (AvgIpc) is 2.64. The first kappa shape index (κ1) is 20.3. The summed E-state index contributed by atoms with van der Waals surface area (Å²) in [7, 11) is 1.55. The highest BCUT2D eigenvalue weighted by molar-refractivity contribution is 5.97. The molecule has 1 N–H and O–H groups in total. The van der Waals surface area contributed by atoms with Gasteiger partial charge in [-0.15, -0.1) is 0 Å². The molecule has 8 heteroatoms. The van der Waals surface area contributed by atoms with Gasteiger partial charge in [0.05, 0.1) is 12.7 Å². The molecule has 0 bridgehead atoms. The standard InChI is InChI=1S/C19H19F3N2O3/c1-13(25)24(16-7-5-15(6-8-16)19(20,21)22)12-18(26)23-11-14-3-9-17(27-2)10-4-14/h3-10H,11-12H2,1-2H3,(H,23,26). The van der Waals surface area contributed by atoms with Crippen LogP contribution in [0.4, 0.5) is 18.9 Å². The van der Waals surface area contributed by atoms with Crippen molar-refractivity contribution in [3.8, 4) is 5.75 Å². The van der Waals surface area contributed by atoms with Crippen molar-refractivity contribution in [1.82, 2.24) is 5.32 Å². The number of amides is 2. The molecular formula is C19H19F3N2O3. The number of hydrogen-bond acceptors (Lipinski definition) is 3. The number of rotatable bonds is 6. The fraction of sp³-hybridized carbons (Fsp3) is 0.263. The number of benzene rings is 2. The van der Waals surface area contributed by atoms with E-state index in [4.69, 9.17) is 4.74 Å². The van der Waals surface area contributed by atoms with Crippen LogP contribution < -0.4 is 15.0 Å². The zero-order valence-electron chi connectivity index (χ0n) is 14.8. The lowest BCUT2D eigenvalue weighted by Crippen LogP contribution is -2.39. The second kappa shape index (κ2) is 8.57. The highest BCUT2D eigenvalue weighted by atomic mass is 19.4. The fourth-order valence-corrected chi connectivity index (χ4v) is 2.36. The molecular weight excluding hydrogens is 361 g/mol. The molecule has 2 aromatic rings. The Hall–Kier alpha value is -3.03. The van der Waals surface area contributed by atoms with Gasteiger partial charge in [-0.3, -0.25) is 9.59 Å². The highest BCUT2D eigenvalue weighted by Crippen LogP contribution is 2.30. The van der Waals surface area contributed by atoms with E-state index in [1.54, 1.807) is 31.4 Å². The Bertz CT molecular complexity index is 787. The van der Waals surface area contributed by atoms with Gasteiger partial charge in [0.25, 0.3) is 0 Å². The molecule has 2 rings (SSSR count). The summed E-state index contributed by atoms with van der Waals surface area (Å²) in [4.78, 5) is 25.1. The number of anilines is 1. The zero-order chi connectivity index (χ0) is 20.0. The van der Waals surface area contributed by atoms with E-state index in [0.29, 0.717) is 5.75 Å². The number of methoxy groups -OCH3 is 1. The first-order valence-electron chi connectivity index (χ1n) is 8.05. The number of nitrogens with one attached hydrogen (secondary N) is 1. The van der Waals surface area contributed by atoms with Gasteiger partial charge in [-0.2, -0.15) is 13.2 Å². The van der Waals surface area contributed by atoms with Crippen molar-refractivity contribution < 1.29 is 27.5 Å². The van der Waals surface area contributed by atoms with Crippen LogP contribution in [-0.2, 0) is 22.3 Å². The van der Waals surface area contributed by atoms with E-state index in [1.165, 1.54) is 19.1 Å². The lowest BCUT2D eigenvalue weighted by molar-refractivity contribution is -0.137. The van der Waals surface area contributed by atoms with Gasteiger partial charge >= 0.3 is 6.18 Å². The van der Waals surface area contributed by atoms with Crippen molar-refractivity contribution in [2.75, 3.05) is 18.6 Å². The largest absolute Gasteiger partial charge is 0.497 e. The van der Waals surface area contributed by atoms with Crippen molar-refractivity contribution in [3.05, 3.63) is 59.7 Å². The maximum atomic E-state index is 12.6. The molecule has 2 amide bonds. The summed E-state index contributed by atoms with van der Waals surface area (Å²) in [6.45, 7) is 1.20. The number of nitrogens with zero attached hydrogens (tertiary/aromatic N) is 1. The minimum Gasteiger partial charge on any atom is -0.497 e. The minimum atomic E-state index is -4.46. The molecule has 27 heavy (non-hydrogen) atoms. The Balaban J connectivity index is 2.00. The molecule has 144 valence electrons. The second-order valence-corrected chi connectivity index (χ2v) is 5.77. The summed E-state index contributed by atoms with van der Waals surface area (Å²) in [5.41, 5.74) is 0.238. The number of ether oxygens (including phenoxy) is 1. The molecule has 0 unspecified atom stereocenters. The number of hydrogen-bond donors (Lipinski definition) is 1. The maximum absolute atomic E-state index is 12.6. The van der Waals surface area contributed by atoms with Crippen LogP contribution in [0.1, 0.15) is 18.1 Å². The minimum absolute atomic E-state index is 0.218. The molecule has 0 heterocycles. The van der Waals surface area contributed by atoms with E-state index in [2.05, 4.69) is 5.32 Å². The number of alkyl halides is 3. The molecule has 0 fully saturated rings. The van der Waals surface area contributed by atoms with Gasteiger partial charge in [0.15, 0.2) is 0 Å². The van der Waals surface area contributed by atoms with Crippen LogP contribution in [0.5, 0.6) is 5.75 Å². The number of carbonyl (C=O) groups is 2. The van der Waals surface area contributed by atoms with Gasteiger partial charge in [-0.05, 0) is 42.0 Å². The van der Waals surface area contributed by atoms with Crippen LogP contribution in [0.2, 0.25) is 0 Å². The van der Waals surface area contributed by atoms with Crippen LogP contribution in [0, 0.1) is 0 Å². The smallest absolute Gasteiger partial charge is 0.416 e. The molecule has 0 aliphatic carbocycles. The lowest BCUT2D eigenvalue weighted by Gasteiger charge is -2.21. The van der Waals surface area contributed by atoms with Crippen molar-refractivity contribution in [2.45, 2.75) is 19.6 Å². The molecule has 0 spiro atoms. The first-order valence-corrected chi connectivity index (χ1v) is 8.05. The van der Waals surface area contributed by atoms with Gasteiger partial charge < -0.3 is 15.0 Å². The van der Waals surface area contributed by atoms with Gasteiger partial charge in [0, 0.05) is 19.2 Å². The van der Waals surface area contributed by atoms with Crippen LogP contribution in [0.25, 0.3) is 0 Å². The predicted molar refractivity (Wildman–Crippen MR) is 94.3 cm³/mol. The number of halogens is 3. The molecule has 2 aromatic carbocycles. The van der Waals surface area contributed by atoms with Gasteiger partial charge in [-0.1, -0.05) is 12.1 Å². The van der Waals surface area contributed by atoms with E-state index in [1.807, 2.05) is 0 Å². The summed E-state index contributed by atoms with van der Waals surface area (Å²) in [5.74, 6) is -0.189. The molecule has 0 saturated heterocycles. The Morgan fingerprint density at radius 1 is 1.04 bits per heavy atom. The maximum Gasteiger partial charge on any atom is 0.416 e. The van der Waals surface area contributed by atoms with Crippen LogP contribution in [-0.4, -0.2) is 25.5 Å². The van der Waals surface area contributed by atoms with Crippen molar-refractivity contribution in [1.29, 1.82) is 0 Å². The van der Waals surface area contributed by atoms with E-state index in [9.17, 15) is 22.8 Å². The van der Waals surface area contributed by atoms with E-state index < -0.39 is 23.6 Å². The van der Waals surface area contributed by atoms with Crippen molar-refractivity contribution in [3.63, 3.8) is 0 Å². The van der Waals surface area contributed by atoms with E-state index in [0.717, 1.165) is 22.6 Å². The molecule has 0 saturated carbocycles. The third kappa shape index (κ3) is 5.73. The summed E-state index contributed by atoms with van der Waals surface area (Å²) >= 11 is 0.